The Labute approximate surface area is 113 Å². The maximum atomic E-state index is 12.7. The highest BCUT2D eigenvalue weighted by molar-refractivity contribution is 6.01. The van der Waals surface area contributed by atoms with E-state index in [1.807, 2.05) is 0 Å². The molecule has 0 radical (unpaired) electrons. The molecule has 2 aromatic rings. The molecule has 1 aromatic carbocycles. The second-order valence-electron chi connectivity index (χ2n) is 4.03. The molecule has 0 aliphatic heterocycles. The van der Waals surface area contributed by atoms with Crippen molar-refractivity contribution in [3.8, 4) is 11.3 Å². The predicted octanol–water partition coefficient (Wildman–Crippen LogP) is 2.52. The van der Waals surface area contributed by atoms with Gasteiger partial charge in [0.05, 0.1) is 12.1 Å². The van der Waals surface area contributed by atoms with Gasteiger partial charge in [-0.25, -0.2) is 0 Å². The van der Waals surface area contributed by atoms with Crippen LogP contribution >= 0.6 is 0 Å². The minimum Gasteiger partial charge on any atom is -0.481 e. The van der Waals surface area contributed by atoms with Crippen molar-refractivity contribution in [1.29, 1.82) is 0 Å². The lowest BCUT2D eigenvalue weighted by Gasteiger charge is -2.03. The molecule has 1 heterocycles. The molecular weight excluding hydrogens is 267 g/mol. The first-order chi connectivity index (χ1) is 9.60. The monoisotopic (exact) mass is 278 g/mol. The summed E-state index contributed by atoms with van der Waals surface area (Å²) in [6.45, 7) is 0. The summed E-state index contributed by atoms with van der Waals surface area (Å²) in [7, 11) is 0. The first-order valence-electron chi connectivity index (χ1n) is 5.76. The zero-order valence-electron chi connectivity index (χ0n) is 10.3. The molecule has 0 saturated carbocycles. The van der Waals surface area contributed by atoms with E-state index in [1.54, 1.807) is 24.3 Å². The Morgan fingerprint density at radius 3 is 2.50 bits per heavy atom. The van der Waals surface area contributed by atoms with E-state index in [0.29, 0.717) is 11.1 Å². The van der Waals surface area contributed by atoms with E-state index in [-0.39, 0.29) is 24.3 Å². The number of halogens is 1. The first-order valence-corrected chi connectivity index (χ1v) is 5.76. The van der Waals surface area contributed by atoms with Gasteiger partial charge in [0.1, 0.15) is 0 Å². The van der Waals surface area contributed by atoms with Crippen molar-refractivity contribution in [1.82, 2.24) is 5.16 Å². The molecule has 6 nitrogen and oxygen atoms in total. The molecule has 2 rings (SSSR count). The smallest absolute Gasteiger partial charge is 0.303 e. The van der Waals surface area contributed by atoms with Gasteiger partial charge in [-0.15, -0.1) is 0 Å². The molecule has 0 spiro atoms. The van der Waals surface area contributed by atoms with Crippen LogP contribution in [0.4, 0.5) is 4.39 Å². The number of nitrogens with zero attached hydrogens (tertiary/aromatic N) is 2. The van der Waals surface area contributed by atoms with Crippen LogP contribution < -0.4 is 0 Å². The zero-order chi connectivity index (χ0) is 14.5. The molecule has 2 N–H and O–H groups in total. The van der Waals surface area contributed by atoms with Crippen molar-refractivity contribution in [2.75, 3.05) is 0 Å². The van der Waals surface area contributed by atoms with Crippen LogP contribution in [0.3, 0.4) is 0 Å². The van der Waals surface area contributed by atoms with Gasteiger partial charge in [0, 0.05) is 18.1 Å². The summed E-state index contributed by atoms with van der Waals surface area (Å²) in [5.74, 6) is -1.40. The molecule has 0 bridgehead atoms. The van der Waals surface area contributed by atoms with Crippen molar-refractivity contribution in [2.45, 2.75) is 12.8 Å². The lowest BCUT2D eigenvalue weighted by molar-refractivity contribution is -0.136. The SMILES string of the molecule is O=C(O)CC/C(=N\O)c1ccc(-c2cc(F)no2)cc1. The van der Waals surface area contributed by atoms with Crippen molar-refractivity contribution < 1.29 is 24.0 Å². The molecule has 104 valence electrons. The number of oxime groups is 1. The second kappa shape index (κ2) is 5.96. The normalized spacial score (nSPS) is 11.6. The van der Waals surface area contributed by atoms with Crippen LogP contribution in [0.2, 0.25) is 0 Å². The van der Waals surface area contributed by atoms with Crippen molar-refractivity contribution in [3.63, 3.8) is 0 Å². The van der Waals surface area contributed by atoms with E-state index in [4.69, 9.17) is 14.8 Å². The molecule has 7 heteroatoms. The molecule has 0 atom stereocenters. The number of hydrogen-bond donors (Lipinski definition) is 2. The van der Waals surface area contributed by atoms with E-state index in [9.17, 15) is 9.18 Å². The summed E-state index contributed by atoms with van der Waals surface area (Å²) in [5, 5.41) is 23.7. The Hall–Kier alpha value is -2.70. The molecule has 0 aliphatic carbocycles. The van der Waals surface area contributed by atoms with Crippen LogP contribution in [0, 0.1) is 5.95 Å². The highest BCUT2D eigenvalue weighted by Crippen LogP contribution is 2.21. The Morgan fingerprint density at radius 2 is 2.00 bits per heavy atom. The third-order valence-electron chi connectivity index (χ3n) is 2.68. The number of aromatic nitrogens is 1. The van der Waals surface area contributed by atoms with Gasteiger partial charge in [0.15, 0.2) is 5.76 Å². The second-order valence-corrected chi connectivity index (χ2v) is 4.03. The number of hydrogen-bond acceptors (Lipinski definition) is 5. The number of carboxylic acids is 1. The average Bonchev–Trinajstić information content (AvgIpc) is 2.86. The van der Waals surface area contributed by atoms with Gasteiger partial charge in [-0.05, 0) is 10.7 Å². The molecular formula is C13H11FN2O4. The lowest BCUT2D eigenvalue weighted by atomic mass is 10.0. The van der Waals surface area contributed by atoms with Gasteiger partial charge in [-0.3, -0.25) is 4.79 Å². The fourth-order valence-corrected chi connectivity index (χ4v) is 1.69. The van der Waals surface area contributed by atoms with Gasteiger partial charge >= 0.3 is 5.97 Å². The van der Waals surface area contributed by atoms with E-state index >= 15 is 0 Å². The minimum atomic E-state index is -0.972. The first kappa shape index (κ1) is 13.7. The Morgan fingerprint density at radius 1 is 1.30 bits per heavy atom. The number of aliphatic carboxylic acids is 1. The van der Waals surface area contributed by atoms with Crippen LogP contribution in [-0.4, -0.2) is 27.2 Å². The molecule has 0 saturated heterocycles. The summed E-state index contributed by atoms with van der Waals surface area (Å²) in [4.78, 5) is 10.5. The largest absolute Gasteiger partial charge is 0.481 e. The third kappa shape index (κ3) is 3.19. The quantitative estimate of drug-likeness (QED) is 0.497. The fourth-order valence-electron chi connectivity index (χ4n) is 1.69. The molecule has 0 aliphatic rings. The fraction of sp³-hybridized carbons (Fsp3) is 0.154. The Balaban J connectivity index is 2.16. The van der Waals surface area contributed by atoms with Gasteiger partial charge in [0.2, 0.25) is 0 Å². The summed E-state index contributed by atoms with van der Waals surface area (Å²) < 4.78 is 17.5. The molecule has 1 aromatic heterocycles. The topological polar surface area (TPSA) is 95.9 Å². The number of carboxylic acid groups (broad SMARTS) is 1. The van der Waals surface area contributed by atoms with Crippen LogP contribution in [-0.2, 0) is 4.79 Å². The lowest BCUT2D eigenvalue weighted by Crippen LogP contribution is -2.05. The van der Waals surface area contributed by atoms with Crippen LogP contribution in [0.1, 0.15) is 18.4 Å². The average molecular weight is 278 g/mol. The minimum absolute atomic E-state index is 0.113. The van der Waals surface area contributed by atoms with E-state index < -0.39 is 11.9 Å². The molecule has 20 heavy (non-hydrogen) atoms. The molecule has 0 amide bonds. The zero-order valence-corrected chi connectivity index (χ0v) is 10.3. The Bertz CT molecular complexity index is 634. The summed E-state index contributed by atoms with van der Waals surface area (Å²) in [6.07, 6.45) is -0.0173. The molecule has 0 unspecified atom stereocenters. The van der Waals surface area contributed by atoms with Crippen molar-refractivity contribution in [2.24, 2.45) is 5.16 Å². The number of benzene rings is 1. The van der Waals surface area contributed by atoms with Crippen molar-refractivity contribution >= 4 is 11.7 Å². The third-order valence-corrected chi connectivity index (χ3v) is 2.68. The number of carbonyl (C=O) groups is 1. The number of rotatable bonds is 5. The maximum Gasteiger partial charge on any atom is 0.303 e. The van der Waals surface area contributed by atoms with E-state index in [1.165, 1.54) is 0 Å². The van der Waals surface area contributed by atoms with Gasteiger partial charge < -0.3 is 14.8 Å². The molecule has 0 fully saturated rings. The van der Waals surface area contributed by atoms with E-state index in [0.717, 1.165) is 6.07 Å². The summed E-state index contributed by atoms with van der Waals surface area (Å²) in [5.41, 5.74) is 1.46. The van der Waals surface area contributed by atoms with Gasteiger partial charge in [-0.2, -0.15) is 4.39 Å². The highest BCUT2D eigenvalue weighted by atomic mass is 19.1. The van der Waals surface area contributed by atoms with Crippen LogP contribution in [0.5, 0.6) is 0 Å². The Kier molecular flexibility index (Phi) is 4.09. The highest BCUT2D eigenvalue weighted by Gasteiger charge is 2.10. The van der Waals surface area contributed by atoms with Crippen LogP contribution in [0.15, 0.2) is 40.0 Å². The predicted molar refractivity (Wildman–Crippen MR) is 67.1 cm³/mol. The van der Waals surface area contributed by atoms with Crippen molar-refractivity contribution in [3.05, 3.63) is 41.8 Å². The van der Waals surface area contributed by atoms with E-state index in [2.05, 4.69) is 10.3 Å². The van der Waals surface area contributed by atoms with Gasteiger partial charge in [0.25, 0.3) is 5.95 Å². The maximum absolute atomic E-state index is 12.7. The van der Waals surface area contributed by atoms with Gasteiger partial charge in [-0.1, -0.05) is 29.4 Å². The van der Waals surface area contributed by atoms with Crippen LogP contribution in [0.25, 0.3) is 11.3 Å². The standard InChI is InChI=1S/C13H11FN2O4/c14-12-7-11(20-16-12)9-3-1-8(2-4-9)10(15-19)5-6-13(17)18/h1-4,7,19H,5-6H2,(H,17,18)/b15-10+. The summed E-state index contributed by atoms with van der Waals surface area (Å²) >= 11 is 0. The summed E-state index contributed by atoms with van der Waals surface area (Å²) in [6, 6.07) is 7.70.